The van der Waals surface area contributed by atoms with E-state index >= 15 is 0 Å². The third-order valence-corrected chi connectivity index (χ3v) is 15.0. The van der Waals surface area contributed by atoms with Crippen LogP contribution in [0.3, 0.4) is 0 Å². The summed E-state index contributed by atoms with van der Waals surface area (Å²) in [5.74, 6) is 0. The van der Waals surface area contributed by atoms with Crippen molar-refractivity contribution < 1.29 is 0 Å². The van der Waals surface area contributed by atoms with Crippen LogP contribution in [-0.4, -0.2) is 0 Å². The van der Waals surface area contributed by atoms with E-state index in [0.717, 1.165) is 45.3 Å². The Balaban J connectivity index is 0.944. The first-order valence-corrected chi connectivity index (χ1v) is 25.0. The van der Waals surface area contributed by atoms with Crippen molar-refractivity contribution in [1.29, 1.82) is 0 Å². The number of nitrogens with zero attached hydrogens (tertiary/aromatic N) is 2. The molecular formula is C68H46N2S. The van der Waals surface area contributed by atoms with Gasteiger partial charge < -0.3 is 9.80 Å². The number of benzene rings is 12. The monoisotopic (exact) mass is 922 g/mol. The van der Waals surface area contributed by atoms with Crippen molar-refractivity contribution >= 4 is 87.2 Å². The normalized spacial score (nSPS) is 11.4. The highest BCUT2D eigenvalue weighted by molar-refractivity contribution is 7.25. The van der Waals surface area contributed by atoms with Crippen LogP contribution in [0.2, 0.25) is 0 Å². The van der Waals surface area contributed by atoms with Crippen molar-refractivity contribution in [1.82, 2.24) is 0 Å². The van der Waals surface area contributed by atoms with Gasteiger partial charge in [0.2, 0.25) is 0 Å². The smallest absolute Gasteiger partial charge is 0.0540 e. The first-order chi connectivity index (χ1) is 35.2. The molecule has 13 rings (SSSR count). The topological polar surface area (TPSA) is 6.48 Å². The maximum Gasteiger partial charge on any atom is 0.0540 e. The lowest BCUT2D eigenvalue weighted by atomic mass is 9.97. The Morgan fingerprint density at radius 2 is 0.732 bits per heavy atom. The van der Waals surface area contributed by atoms with Gasteiger partial charge in [0.25, 0.3) is 0 Å². The van der Waals surface area contributed by atoms with Gasteiger partial charge in [-0.05, 0) is 139 Å². The van der Waals surface area contributed by atoms with Gasteiger partial charge in [0.15, 0.2) is 0 Å². The number of thiophene rings is 1. The fraction of sp³-hybridized carbons (Fsp3) is 0. The van der Waals surface area contributed by atoms with Crippen LogP contribution in [0.25, 0.3) is 86.2 Å². The van der Waals surface area contributed by atoms with Crippen LogP contribution in [0.15, 0.2) is 279 Å². The van der Waals surface area contributed by atoms with Crippen molar-refractivity contribution in [3.05, 3.63) is 279 Å². The minimum atomic E-state index is 1.08. The molecule has 0 aliphatic heterocycles. The van der Waals surface area contributed by atoms with Crippen LogP contribution in [0.4, 0.5) is 34.1 Å². The summed E-state index contributed by atoms with van der Waals surface area (Å²) in [7, 11) is 0. The molecule has 12 aromatic carbocycles. The number of para-hydroxylation sites is 1. The van der Waals surface area contributed by atoms with Gasteiger partial charge in [0.1, 0.15) is 0 Å². The summed E-state index contributed by atoms with van der Waals surface area (Å²) in [6.45, 7) is 0. The lowest BCUT2D eigenvalue weighted by molar-refractivity contribution is 1.28. The van der Waals surface area contributed by atoms with E-state index in [1.807, 2.05) is 11.3 Å². The van der Waals surface area contributed by atoms with Gasteiger partial charge in [-0.25, -0.2) is 0 Å². The van der Waals surface area contributed by atoms with E-state index in [1.165, 1.54) is 75.1 Å². The second kappa shape index (κ2) is 18.1. The second-order valence-electron chi connectivity index (χ2n) is 18.1. The fourth-order valence-corrected chi connectivity index (χ4v) is 11.5. The summed E-state index contributed by atoms with van der Waals surface area (Å²) in [5, 5.41) is 7.55. The average molecular weight is 923 g/mol. The van der Waals surface area contributed by atoms with Gasteiger partial charge >= 0.3 is 0 Å². The minimum absolute atomic E-state index is 1.08. The first kappa shape index (κ1) is 42.1. The van der Waals surface area contributed by atoms with Crippen molar-refractivity contribution in [2.24, 2.45) is 0 Å². The molecule has 0 saturated carbocycles. The van der Waals surface area contributed by atoms with Crippen molar-refractivity contribution in [2.75, 3.05) is 9.80 Å². The summed E-state index contributed by atoms with van der Waals surface area (Å²) in [6.07, 6.45) is 0. The molecule has 13 aromatic rings. The summed E-state index contributed by atoms with van der Waals surface area (Å²) in [5.41, 5.74) is 15.9. The molecule has 0 spiro atoms. The molecule has 0 fully saturated rings. The molecule has 0 aliphatic carbocycles. The Morgan fingerprint density at radius 3 is 1.54 bits per heavy atom. The van der Waals surface area contributed by atoms with E-state index in [1.54, 1.807) is 0 Å². The quantitative estimate of drug-likeness (QED) is 0.135. The summed E-state index contributed by atoms with van der Waals surface area (Å²) >= 11 is 1.85. The lowest BCUT2D eigenvalue weighted by Gasteiger charge is -2.29. The summed E-state index contributed by atoms with van der Waals surface area (Å²) in [6, 6.07) is 102. The zero-order valence-corrected chi connectivity index (χ0v) is 39.7. The highest BCUT2D eigenvalue weighted by Gasteiger charge is 2.21. The minimum Gasteiger partial charge on any atom is -0.310 e. The molecular weight excluding hydrogens is 877 g/mol. The average Bonchev–Trinajstić information content (AvgIpc) is 3.82. The van der Waals surface area contributed by atoms with E-state index in [-0.39, 0.29) is 0 Å². The third kappa shape index (κ3) is 7.99. The Labute approximate surface area is 418 Å². The second-order valence-corrected chi connectivity index (χ2v) is 19.2. The van der Waals surface area contributed by atoms with Crippen molar-refractivity contribution in [3.8, 4) is 44.5 Å². The summed E-state index contributed by atoms with van der Waals surface area (Å²) < 4.78 is 2.56. The van der Waals surface area contributed by atoms with Crippen LogP contribution < -0.4 is 9.80 Å². The van der Waals surface area contributed by atoms with E-state index in [0.29, 0.717) is 0 Å². The Hall–Kier alpha value is -9.02. The Morgan fingerprint density at radius 1 is 0.225 bits per heavy atom. The molecule has 0 unspecified atom stereocenters. The van der Waals surface area contributed by atoms with Gasteiger partial charge in [-0.3, -0.25) is 0 Å². The molecule has 2 nitrogen and oxygen atoms in total. The van der Waals surface area contributed by atoms with Crippen molar-refractivity contribution in [3.63, 3.8) is 0 Å². The predicted molar refractivity (Wildman–Crippen MR) is 305 cm³/mol. The van der Waals surface area contributed by atoms with Crippen LogP contribution in [-0.2, 0) is 0 Å². The number of anilines is 6. The van der Waals surface area contributed by atoms with Crippen LogP contribution in [0.1, 0.15) is 0 Å². The zero-order chi connectivity index (χ0) is 47.1. The lowest BCUT2D eigenvalue weighted by Crippen LogP contribution is -2.12. The molecule has 71 heavy (non-hydrogen) atoms. The highest BCUT2D eigenvalue weighted by Crippen LogP contribution is 2.46. The maximum absolute atomic E-state index is 2.41. The number of hydrogen-bond donors (Lipinski definition) is 0. The largest absolute Gasteiger partial charge is 0.310 e. The zero-order valence-electron chi connectivity index (χ0n) is 38.9. The van der Waals surface area contributed by atoms with Gasteiger partial charge in [-0.2, -0.15) is 0 Å². The van der Waals surface area contributed by atoms with Crippen LogP contribution >= 0.6 is 11.3 Å². The first-order valence-electron chi connectivity index (χ1n) is 24.2. The molecule has 334 valence electrons. The van der Waals surface area contributed by atoms with Gasteiger partial charge in [0, 0.05) is 54.2 Å². The molecule has 0 N–H and O–H groups in total. The fourth-order valence-electron chi connectivity index (χ4n) is 10.3. The van der Waals surface area contributed by atoms with E-state index in [2.05, 4.69) is 289 Å². The van der Waals surface area contributed by atoms with E-state index < -0.39 is 0 Å². The summed E-state index contributed by atoms with van der Waals surface area (Å²) in [4.78, 5) is 4.83. The number of fused-ring (bicyclic) bond motifs is 5. The molecule has 0 radical (unpaired) electrons. The standard InChI is InChI=1S/C68H46N2S/c1-2-15-47(16-3-1)53-21-12-23-58(44-53)69(60-41-42-65-64-27-9-11-30-67(64)71-68(65)46-60)59-24-13-22-55(45-59)63-26-8-10-29-66(63)70(56-37-33-49(34-38-56)54-32-31-48-17-4-5-19-52(48)43-54)57-39-35-51(36-40-57)62-28-14-20-50-18-6-7-25-61(50)62/h1-46H. The van der Waals surface area contributed by atoms with Crippen molar-refractivity contribution in [2.45, 2.75) is 0 Å². The molecule has 1 aromatic heterocycles. The van der Waals surface area contributed by atoms with E-state index in [9.17, 15) is 0 Å². The maximum atomic E-state index is 2.41. The SMILES string of the molecule is c1ccc(-c2cccc(N(c3cccc(-c4ccccc4N(c4ccc(-c5ccc6ccccc6c5)cc4)c4ccc(-c5cccc6ccccc56)cc4)c3)c3ccc4c(c3)sc3ccccc34)c2)cc1. The predicted octanol–water partition coefficient (Wildman–Crippen LogP) is 20.0. The van der Waals surface area contributed by atoms with E-state index in [4.69, 9.17) is 0 Å². The van der Waals surface area contributed by atoms with Crippen LogP contribution in [0, 0.1) is 0 Å². The molecule has 3 heteroatoms. The van der Waals surface area contributed by atoms with Gasteiger partial charge in [-0.1, -0.05) is 200 Å². The molecule has 0 amide bonds. The van der Waals surface area contributed by atoms with Crippen LogP contribution in [0.5, 0.6) is 0 Å². The molecule has 1 heterocycles. The third-order valence-electron chi connectivity index (χ3n) is 13.8. The Bertz CT molecular complexity index is 4050. The Kier molecular flexibility index (Phi) is 10.8. The van der Waals surface area contributed by atoms with Gasteiger partial charge in [0.05, 0.1) is 5.69 Å². The molecule has 0 saturated heterocycles. The van der Waals surface area contributed by atoms with Gasteiger partial charge in [-0.15, -0.1) is 11.3 Å². The highest BCUT2D eigenvalue weighted by atomic mass is 32.1. The number of hydrogen-bond acceptors (Lipinski definition) is 3. The molecule has 0 atom stereocenters. The molecule has 0 aliphatic rings. The molecule has 0 bridgehead atoms. The number of rotatable bonds is 10.